The van der Waals surface area contributed by atoms with Crippen LogP contribution in [-0.2, 0) is 20.9 Å². The number of esters is 1. The number of nitro groups is 1. The van der Waals surface area contributed by atoms with Gasteiger partial charge >= 0.3 is 5.97 Å². The Morgan fingerprint density at radius 2 is 1.89 bits per heavy atom. The molecule has 1 fully saturated rings. The van der Waals surface area contributed by atoms with Crippen LogP contribution in [0.5, 0.6) is 0 Å². The van der Waals surface area contributed by atoms with Gasteiger partial charge in [0.2, 0.25) is 0 Å². The van der Waals surface area contributed by atoms with E-state index in [2.05, 4.69) is 15.5 Å². The van der Waals surface area contributed by atoms with Gasteiger partial charge in [0.15, 0.2) is 0 Å². The summed E-state index contributed by atoms with van der Waals surface area (Å²) >= 11 is 0. The van der Waals surface area contributed by atoms with Crippen LogP contribution < -0.4 is 10.6 Å². The number of ether oxygens (including phenoxy) is 1. The third kappa shape index (κ3) is 5.14. The Morgan fingerprint density at radius 3 is 2.61 bits per heavy atom. The van der Waals surface area contributed by atoms with Gasteiger partial charge in [-0.05, 0) is 55.6 Å². The Morgan fingerprint density at radius 1 is 1.13 bits per heavy atom. The van der Waals surface area contributed by atoms with E-state index in [9.17, 15) is 19.7 Å². The topological polar surface area (TPSA) is 114 Å². The van der Waals surface area contributed by atoms with E-state index in [0.717, 1.165) is 36.2 Å². The van der Waals surface area contributed by atoms with Gasteiger partial charge in [0.25, 0.3) is 11.6 Å². The Bertz CT molecular complexity index is 1400. The molecule has 194 valence electrons. The first-order valence-electron chi connectivity index (χ1n) is 12.6. The molecule has 0 spiro atoms. The molecule has 9 nitrogen and oxygen atoms in total. The fraction of sp³-hybridized carbons (Fsp3) is 0.241. The molecular formula is C29H28N4O5. The van der Waals surface area contributed by atoms with E-state index in [1.165, 1.54) is 12.1 Å². The average molecular weight is 513 g/mol. The highest BCUT2D eigenvalue weighted by Crippen LogP contribution is 2.39. The molecule has 0 aliphatic carbocycles. The van der Waals surface area contributed by atoms with Crippen molar-refractivity contribution in [2.75, 3.05) is 23.8 Å². The molecule has 2 aliphatic rings. The molecule has 1 atom stereocenters. The summed E-state index contributed by atoms with van der Waals surface area (Å²) in [5.41, 5.74) is 4.41. The molecule has 9 heteroatoms. The number of carbonyl (C=O) groups is 2. The second-order valence-electron chi connectivity index (χ2n) is 9.26. The van der Waals surface area contributed by atoms with Gasteiger partial charge in [0.1, 0.15) is 6.04 Å². The van der Waals surface area contributed by atoms with Crippen molar-refractivity contribution >= 4 is 40.2 Å². The first-order valence-corrected chi connectivity index (χ1v) is 12.6. The van der Waals surface area contributed by atoms with Crippen LogP contribution in [0.2, 0.25) is 0 Å². The number of nitrogens with one attached hydrogen (secondary N) is 2. The molecule has 5 rings (SSSR count). The van der Waals surface area contributed by atoms with E-state index in [-0.39, 0.29) is 23.6 Å². The quantitative estimate of drug-likeness (QED) is 0.188. The molecule has 3 aromatic rings. The fourth-order valence-electron chi connectivity index (χ4n) is 4.99. The minimum absolute atomic E-state index is 0.0856. The highest BCUT2D eigenvalue weighted by molar-refractivity contribution is 6.37. The molecule has 0 radical (unpaired) electrons. The van der Waals surface area contributed by atoms with Crippen molar-refractivity contribution in [3.63, 3.8) is 0 Å². The van der Waals surface area contributed by atoms with E-state index in [1.807, 2.05) is 61.5 Å². The molecule has 2 heterocycles. The Labute approximate surface area is 220 Å². The second kappa shape index (κ2) is 10.9. The molecule has 1 unspecified atom stereocenters. The van der Waals surface area contributed by atoms with Gasteiger partial charge in [-0.25, -0.2) is 0 Å². The molecule has 2 N–H and O–H groups in total. The molecule has 2 aliphatic heterocycles. The van der Waals surface area contributed by atoms with E-state index < -0.39 is 4.92 Å². The number of hydrogen-bond acceptors (Lipinski definition) is 7. The van der Waals surface area contributed by atoms with Gasteiger partial charge in [0, 0.05) is 35.6 Å². The van der Waals surface area contributed by atoms with E-state index in [0.29, 0.717) is 35.7 Å². The molecular weight excluding hydrogens is 484 g/mol. The van der Waals surface area contributed by atoms with Gasteiger partial charge in [-0.1, -0.05) is 42.5 Å². The summed E-state index contributed by atoms with van der Waals surface area (Å²) in [4.78, 5) is 38.5. The van der Waals surface area contributed by atoms with Crippen LogP contribution in [0.15, 0.2) is 72.8 Å². The average Bonchev–Trinajstić information content (AvgIpc) is 3.52. The van der Waals surface area contributed by atoms with Gasteiger partial charge in [0.05, 0.1) is 22.8 Å². The molecule has 0 aromatic heterocycles. The number of anilines is 2. The van der Waals surface area contributed by atoms with Crippen molar-refractivity contribution < 1.29 is 19.2 Å². The number of non-ortho nitro benzene ring substituents is 1. The largest absolute Gasteiger partial charge is 0.465 e. The number of hydrogen-bond donors (Lipinski definition) is 2. The smallest absolute Gasteiger partial charge is 0.323 e. The van der Waals surface area contributed by atoms with Crippen LogP contribution in [0.4, 0.5) is 17.1 Å². The van der Waals surface area contributed by atoms with Crippen LogP contribution in [0.1, 0.15) is 36.5 Å². The molecule has 1 amide bonds. The summed E-state index contributed by atoms with van der Waals surface area (Å²) in [7, 11) is 0. The number of nitrogens with zero attached hydrogens (tertiary/aromatic N) is 2. The lowest BCUT2D eigenvalue weighted by atomic mass is 9.99. The van der Waals surface area contributed by atoms with Gasteiger partial charge < -0.3 is 15.4 Å². The molecule has 38 heavy (non-hydrogen) atoms. The zero-order chi connectivity index (χ0) is 26.6. The highest BCUT2D eigenvalue weighted by Gasteiger charge is 2.32. The van der Waals surface area contributed by atoms with Crippen molar-refractivity contribution in [1.82, 2.24) is 4.90 Å². The SMILES string of the molecule is CCOC(=O)C1CCCN1Cc1ccc(NC(=C2C(=O)Nc3ccc([N+](=O)[O-])cc32)c2ccccc2)cc1. The Balaban J connectivity index is 1.44. The first kappa shape index (κ1) is 25.2. The summed E-state index contributed by atoms with van der Waals surface area (Å²) in [5.74, 6) is -0.500. The molecule has 1 saturated heterocycles. The summed E-state index contributed by atoms with van der Waals surface area (Å²) < 4.78 is 5.24. The normalized spacial score (nSPS) is 18.0. The zero-order valence-corrected chi connectivity index (χ0v) is 21.0. The van der Waals surface area contributed by atoms with Crippen molar-refractivity contribution in [3.8, 4) is 0 Å². The van der Waals surface area contributed by atoms with Crippen molar-refractivity contribution in [2.45, 2.75) is 32.4 Å². The standard InChI is InChI=1S/C29H28N4O5/c1-2-38-29(35)25-9-6-16-32(25)18-19-10-12-21(13-11-19)30-27(20-7-4-3-5-8-20)26-23-17-22(33(36)37)14-15-24(23)31-28(26)34/h3-5,7-8,10-15,17,25,30H,2,6,9,16,18H2,1H3,(H,31,34). The van der Waals surface area contributed by atoms with E-state index in [1.54, 1.807) is 6.07 Å². The maximum atomic E-state index is 13.1. The Kier molecular flexibility index (Phi) is 7.19. The first-order chi connectivity index (χ1) is 18.4. The summed E-state index contributed by atoms with van der Waals surface area (Å²) in [6.45, 7) is 3.67. The summed E-state index contributed by atoms with van der Waals surface area (Å²) in [5, 5.41) is 17.6. The number of fused-ring (bicyclic) bond motifs is 1. The fourth-order valence-corrected chi connectivity index (χ4v) is 4.99. The molecule has 0 bridgehead atoms. The summed E-state index contributed by atoms with van der Waals surface area (Å²) in [6, 6.07) is 21.4. The van der Waals surface area contributed by atoms with Crippen molar-refractivity contribution in [3.05, 3.63) is 99.6 Å². The third-order valence-corrected chi connectivity index (χ3v) is 6.80. The second-order valence-corrected chi connectivity index (χ2v) is 9.26. The maximum absolute atomic E-state index is 13.1. The number of nitro benzene ring substituents is 1. The lowest BCUT2D eigenvalue weighted by Gasteiger charge is -2.23. The molecule has 3 aromatic carbocycles. The van der Waals surface area contributed by atoms with Crippen LogP contribution in [0.25, 0.3) is 11.3 Å². The van der Waals surface area contributed by atoms with Crippen LogP contribution >= 0.6 is 0 Å². The zero-order valence-electron chi connectivity index (χ0n) is 21.0. The van der Waals surface area contributed by atoms with Crippen molar-refractivity contribution in [2.24, 2.45) is 0 Å². The van der Waals surface area contributed by atoms with Crippen molar-refractivity contribution in [1.29, 1.82) is 0 Å². The van der Waals surface area contributed by atoms with Gasteiger partial charge in [-0.15, -0.1) is 0 Å². The van der Waals surface area contributed by atoms with E-state index >= 15 is 0 Å². The van der Waals surface area contributed by atoms with Gasteiger partial charge in [-0.3, -0.25) is 24.6 Å². The number of carbonyl (C=O) groups excluding carboxylic acids is 2. The van der Waals surface area contributed by atoms with E-state index in [4.69, 9.17) is 4.74 Å². The van der Waals surface area contributed by atoms with Crippen LogP contribution in [0, 0.1) is 10.1 Å². The Hall–Kier alpha value is -4.50. The minimum Gasteiger partial charge on any atom is -0.465 e. The third-order valence-electron chi connectivity index (χ3n) is 6.80. The van der Waals surface area contributed by atoms with Crippen LogP contribution in [-0.4, -0.2) is 40.9 Å². The lowest BCUT2D eigenvalue weighted by Crippen LogP contribution is -2.36. The van der Waals surface area contributed by atoms with Gasteiger partial charge in [-0.2, -0.15) is 0 Å². The molecule has 0 saturated carbocycles. The highest BCUT2D eigenvalue weighted by atomic mass is 16.6. The number of amides is 1. The number of benzene rings is 3. The monoisotopic (exact) mass is 512 g/mol. The predicted molar refractivity (Wildman–Crippen MR) is 145 cm³/mol. The lowest BCUT2D eigenvalue weighted by molar-refractivity contribution is -0.384. The number of rotatable bonds is 8. The predicted octanol–water partition coefficient (Wildman–Crippen LogP) is 5.05. The van der Waals surface area contributed by atoms with Crippen LogP contribution in [0.3, 0.4) is 0 Å². The number of likely N-dealkylation sites (tertiary alicyclic amines) is 1. The summed E-state index contributed by atoms with van der Waals surface area (Å²) in [6.07, 6.45) is 1.76. The minimum atomic E-state index is -0.470. The maximum Gasteiger partial charge on any atom is 0.323 e.